The largest absolute Gasteiger partial charge is 0.384 e. The topological polar surface area (TPSA) is 73.3 Å². The molecular formula is C13H10N4O. The van der Waals surface area contributed by atoms with E-state index in [1.165, 1.54) is 10.7 Å². The molecule has 0 fully saturated rings. The second kappa shape index (κ2) is 3.96. The number of carbonyl (C=O) groups is 1. The lowest BCUT2D eigenvalue weighted by Gasteiger charge is -1.99. The summed E-state index contributed by atoms with van der Waals surface area (Å²) in [5, 5.41) is 4.07. The SMILES string of the molecule is Nc1ccnc2c(C(=O)c3ccccc3)cnn12. The lowest BCUT2D eigenvalue weighted by atomic mass is 10.1. The molecule has 0 saturated heterocycles. The Kier molecular flexibility index (Phi) is 2.30. The summed E-state index contributed by atoms with van der Waals surface area (Å²) in [6, 6.07) is 10.7. The van der Waals surface area contributed by atoms with E-state index >= 15 is 0 Å². The van der Waals surface area contributed by atoms with Crippen LogP contribution in [0.25, 0.3) is 5.65 Å². The van der Waals surface area contributed by atoms with Crippen molar-refractivity contribution in [3.05, 3.63) is 59.9 Å². The van der Waals surface area contributed by atoms with Crippen LogP contribution >= 0.6 is 0 Å². The first-order chi connectivity index (χ1) is 8.77. The first-order valence-electron chi connectivity index (χ1n) is 5.45. The highest BCUT2D eigenvalue weighted by molar-refractivity contribution is 6.12. The molecule has 0 spiro atoms. The zero-order chi connectivity index (χ0) is 12.5. The number of rotatable bonds is 2. The van der Waals surface area contributed by atoms with E-state index in [4.69, 9.17) is 5.73 Å². The van der Waals surface area contributed by atoms with Crippen LogP contribution in [0.1, 0.15) is 15.9 Å². The second-order valence-corrected chi connectivity index (χ2v) is 3.86. The van der Waals surface area contributed by atoms with Gasteiger partial charge in [-0.15, -0.1) is 0 Å². The van der Waals surface area contributed by atoms with Crippen molar-refractivity contribution in [2.45, 2.75) is 0 Å². The van der Waals surface area contributed by atoms with Crippen molar-refractivity contribution in [2.75, 3.05) is 5.73 Å². The number of hydrogen-bond donors (Lipinski definition) is 1. The molecule has 5 nitrogen and oxygen atoms in total. The highest BCUT2D eigenvalue weighted by Gasteiger charge is 2.16. The van der Waals surface area contributed by atoms with Crippen LogP contribution in [0.5, 0.6) is 0 Å². The van der Waals surface area contributed by atoms with Gasteiger partial charge in [-0.2, -0.15) is 9.61 Å². The number of fused-ring (bicyclic) bond motifs is 1. The zero-order valence-electron chi connectivity index (χ0n) is 9.45. The number of anilines is 1. The molecule has 18 heavy (non-hydrogen) atoms. The summed E-state index contributed by atoms with van der Waals surface area (Å²) >= 11 is 0. The third-order valence-electron chi connectivity index (χ3n) is 2.71. The number of benzene rings is 1. The minimum absolute atomic E-state index is 0.108. The Morgan fingerprint density at radius 1 is 1.17 bits per heavy atom. The summed E-state index contributed by atoms with van der Waals surface area (Å²) in [5.74, 6) is 0.343. The Bertz CT molecular complexity index is 718. The molecule has 1 aromatic carbocycles. The molecule has 3 rings (SSSR count). The molecule has 0 atom stereocenters. The first kappa shape index (κ1) is 10.5. The molecule has 0 aliphatic carbocycles. The average molecular weight is 238 g/mol. The van der Waals surface area contributed by atoms with E-state index in [0.717, 1.165) is 0 Å². The van der Waals surface area contributed by atoms with Crippen LogP contribution in [0.3, 0.4) is 0 Å². The van der Waals surface area contributed by atoms with Gasteiger partial charge in [0, 0.05) is 11.8 Å². The van der Waals surface area contributed by atoms with E-state index in [0.29, 0.717) is 22.6 Å². The van der Waals surface area contributed by atoms with Crippen LogP contribution in [0.4, 0.5) is 5.82 Å². The second-order valence-electron chi connectivity index (χ2n) is 3.86. The highest BCUT2D eigenvalue weighted by Crippen LogP contribution is 2.15. The van der Waals surface area contributed by atoms with Crippen molar-refractivity contribution < 1.29 is 4.79 Å². The fourth-order valence-electron chi connectivity index (χ4n) is 1.82. The molecule has 2 N–H and O–H groups in total. The van der Waals surface area contributed by atoms with Gasteiger partial charge in [0.2, 0.25) is 0 Å². The van der Waals surface area contributed by atoms with Crippen molar-refractivity contribution in [1.82, 2.24) is 14.6 Å². The molecule has 0 amide bonds. The minimum Gasteiger partial charge on any atom is -0.384 e. The number of carbonyl (C=O) groups excluding carboxylic acids is 1. The smallest absolute Gasteiger partial charge is 0.198 e. The Hall–Kier alpha value is -2.69. The summed E-state index contributed by atoms with van der Waals surface area (Å²) < 4.78 is 1.45. The van der Waals surface area contributed by atoms with Gasteiger partial charge in [0.1, 0.15) is 5.82 Å². The molecule has 0 aliphatic rings. The maximum absolute atomic E-state index is 12.3. The average Bonchev–Trinajstić information content (AvgIpc) is 2.84. The predicted molar refractivity (Wildman–Crippen MR) is 67.3 cm³/mol. The van der Waals surface area contributed by atoms with Crippen molar-refractivity contribution in [1.29, 1.82) is 0 Å². The fraction of sp³-hybridized carbons (Fsp3) is 0. The van der Waals surface area contributed by atoms with E-state index in [-0.39, 0.29) is 5.78 Å². The van der Waals surface area contributed by atoms with E-state index in [1.54, 1.807) is 24.4 Å². The Morgan fingerprint density at radius 2 is 1.94 bits per heavy atom. The maximum Gasteiger partial charge on any atom is 0.198 e. The van der Waals surface area contributed by atoms with Gasteiger partial charge in [-0.3, -0.25) is 4.79 Å². The number of nitrogen functional groups attached to an aromatic ring is 1. The summed E-state index contributed by atoms with van der Waals surface area (Å²) in [6.07, 6.45) is 3.06. The highest BCUT2D eigenvalue weighted by atomic mass is 16.1. The molecule has 5 heteroatoms. The molecular weight excluding hydrogens is 228 g/mol. The Morgan fingerprint density at radius 3 is 2.72 bits per heavy atom. The van der Waals surface area contributed by atoms with Crippen LogP contribution in [-0.2, 0) is 0 Å². The molecule has 0 saturated carbocycles. The summed E-state index contributed by atoms with van der Waals surface area (Å²) in [6.45, 7) is 0. The summed E-state index contributed by atoms with van der Waals surface area (Å²) in [7, 11) is 0. The lowest BCUT2D eigenvalue weighted by Crippen LogP contribution is -2.03. The van der Waals surface area contributed by atoms with Crippen LogP contribution in [0, 0.1) is 0 Å². The van der Waals surface area contributed by atoms with Gasteiger partial charge in [-0.25, -0.2) is 4.98 Å². The predicted octanol–water partition coefficient (Wildman–Crippen LogP) is 1.54. The fourth-order valence-corrected chi connectivity index (χ4v) is 1.82. The number of ketones is 1. The van der Waals surface area contributed by atoms with Crippen LogP contribution in [0.2, 0.25) is 0 Å². The van der Waals surface area contributed by atoms with E-state index in [2.05, 4.69) is 10.1 Å². The van der Waals surface area contributed by atoms with Crippen molar-refractivity contribution >= 4 is 17.2 Å². The molecule has 0 aliphatic heterocycles. The number of aromatic nitrogens is 3. The standard InChI is InChI=1S/C13H10N4O/c14-11-6-7-15-13-10(8-16-17(11)13)12(18)9-4-2-1-3-5-9/h1-8H,14H2. The number of nitrogens with zero attached hydrogens (tertiary/aromatic N) is 3. The van der Waals surface area contributed by atoms with Gasteiger partial charge in [0.15, 0.2) is 11.4 Å². The first-order valence-corrected chi connectivity index (χ1v) is 5.45. The van der Waals surface area contributed by atoms with Crippen LogP contribution < -0.4 is 5.73 Å². The van der Waals surface area contributed by atoms with Gasteiger partial charge < -0.3 is 5.73 Å². The van der Waals surface area contributed by atoms with Gasteiger partial charge >= 0.3 is 0 Å². The number of nitrogens with two attached hydrogens (primary N) is 1. The lowest BCUT2D eigenvalue weighted by molar-refractivity contribution is 0.104. The Labute approximate surface area is 103 Å². The maximum atomic E-state index is 12.3. The molecule has 88 valence electrons. The zero-order valence-corrected chi connectivity index (χ0v) is 9.45. The summed E-state index contributed by atoms with van der Waals surface area (Å²) in [5.41, 5.74) is 7.29. The van der Waals surface area contributed by atoms with Gasteiger partial charge in [0.05, 0.1) is 11.8 Å². The molecule has 2 heterocycles. The number of hydrogen-bond acceptors (Lipinski definition) is 4. The van der Waals surface area contributed by atoms with Crippen molar-refractivity contribution in [2.24, 2.45) is 0 Å². The normalized spacial score (nSPS) is 10.7. The minimum atomic E-state index is -0.108. The van der Waals surface area contributed by atoms with Crippen LogP contribution in [0.15, 0.2) is 48.8 Å². The molecule has 2 aromatic heterocycles. The molecule has 3 aromatic rings. The Balaban J connectivity index is 2.16. The van der Waals surface area contributed by atoms with E-state index in [9.17, 15) is 4.79 Å². The summed E-state index contributed by atoms with van der Waals surface area (Å²) in [4.78, 5) is 16.4. The third kappa shape index (κ3) is 1.53. The quantitative estimate of drug-likeness (QED) is 0.687. The van der Waals surface area contributed by atoms with Gasteiger partial charge in [0.25, 0.3) is 0 Å². The van der Waals surface area contributed by atoms with E-state index < -0.39 is 0 Å². The molecule has 0 bridgehead atoms. The van der Waals surface area contributed by atoms with E-state index in [1.807, 2.05) is 18.2 Å². The third-order valence-corrected chi connectivity index (χ3v) is 2.71. The van der Waals surface area contributed by atoms with Gasteiger partial charge in [-0.1, -0.05) is 30.3 Å². The van der Waals surface area contributed by atoms with Crippen molar-refractivity contribution in [3.8, 4) is 0 Å². The van der Waals surface area contributed by atoms with Crippen LogP contribution in [-0.4, -0.2) is 20.4 Å². The van der Waals surface area contributed by atoms with Crippen molar-refractivity contribution in [3.63, 3.8) is 0 Å². The monoisotopic (exact) mass is 238 g/mol. The molecule has 0 unspecified atom stereocenters. The van der Waals surface area contributed by atoms with Gasteiger partial charge in [-0.05, 0) is 6.07 Å². The molecule has 0 radical (unpaired) electrons.